The Bertz CT molecular complexity index is 435. The Labute approximate surface area is 128 Å². The van der Waals surface area contributed by atoms with Crippen LogP contribution in [0.25, 0.3) is 0 Å². The van der Waals surface area contributed by atoms with Crippen molar-refractivity contribution in [3.8, 4) is 5.75 Å². The van der Waals surface area contributed by atoms with Gasteiger partial charge in [0.25, 0.3) is 0 Å². The molecule has 21 heavy (non-hydrogen) atoms. The van der Waals surface area contributed by atoms with Gasteiger partial charge in [-0.15, -0.1) is 0 Å². The predicted octanol–water partition coefficient (Wildman–Crippen LogP) is 2.86. The molecule has 4 nitrogen and oxygen atoms in total. The second-order valence-corrected chi connectivity index (χ2v) is 6.41. The molecule has 3 N–H and O–H groups in total. The molecule has 1 atom stereocenters. The third-order valence-electron chi connectivity index (χ3n) is 3.10. The highest BCUT2D eigenvalue weighted by molar-refractivity contribution is 5.78. The van der Waals surface area contributed by atoms with Crippen LogP contribution in [-0.4, -0.2) is 18.1 Å². The van der Waals surface area contributed by atoms with Gasteiger partial charge in [0.2, 0.25) is 5.91 Å². The molecule has 118 valence electrons. The highest BCUT2D eigenvalue weighted by Crippen LogP contribution is 2.18. The Morgan fingerprint density at radius 2 is 1.90 bits per heavy atom. The van der Waals surface area contributed by atoms with E-state index in [4.69, 9.17) is 10.5 Å². The average Bonchev–Trinajstić information content (AvgIpc) is 2.42. The highest BCUT2D eigenvalue weighted by atomic mass is 16.5. The monoisotopic (exact) mass is 292 g/mol. The van der Waals surface area contributed by atoms with Gasteiger partial charge in [0.05, 0.1) is 0 Å². The molecule has 0 heterocycles. The van der Waals surface area contributed by atoms with Crippen LogP contribution in [0.15, 0.2) is 24.3 Å². The highest BCUT2D eigenvalue weighted by Gasteiger charge is 2.13. The fourth-order valence-electron chi connectivity index (χ4n) is 1.95. The Morgan fingerprint density at radius 3 is 2.43 bits per heavy atom. The van der Waals surface area contributed by atoms with E-state index in [-0.39, 0.29) is 17.4 Å². The van der Waals surface area contributed by atoms with Crippen molar-refractivity contribution < 1.29 is 9.53 Å². The van der Waals surface area contributed by atoms with Crippen molar-refractivity contribution in [1.29, 1.82) is 0 Å². The van der Waals surface area contributed by atoms with Crippen molar-refractivity contribution in [1.82, 2.24) is 5.32 Å². The maximum Gasteiger partial charge on any atom is 0.223 e. The van der Waals surface area contributed by atoms with E-state index in [1.54, 1.807) is 0 Å². The van der Waals surface area contributed by atoms with Gasteiger partial charge in [0.1, 0.15) is 11.4 Å². The number of ether oxygens (including phenoxy) is 1. The first-order chi connectivity index (χ1) is 9.81. The Morgan fingerprint density at radius 1 is 1.29 bits per heavy atom. The summed E-state index contributed by atoms with van der Waals surface area (Å²) in [6.45, 7) is 9.16. The van der Waals surface area contributed by atoms with Gasteiger partial charge in [-0.25, -0.2) is 0 Å². The molecule has 0 bridgehead atoms. The van der Waals surface area contributed by atoms with Gasteiger partial charge in [0.15, 0.2) is 0 Å². The molecule has 0 fully saturated rings. The molecule has 0 saturated heterocycles. The van der Waals surface area contributed by atoms with Crippen molar-refractivity contribution in [3.63, 3.8) is 0 Å². The molecule has 0 aliphatic rings. The molecule has 4 heteroatoms. The van der Waals surface area contributed by atoms with E-state index in [1.807, 2.05) is 52.0 Å². The van der Waals surface area contributed by atoms with Crippen LogP contribution in [0.1, 0.15) is 46.1 Å². The number of hydrogen-bond acceptors (Lipinski definition) is 3. The second kappa shape index (κ2) is 8.03. The Kier molecular flexibility index (Phi) is 6.69. The minimum Gasteiger partial charge on any atom is -0.488 e. The molecule has 1 aromatic rings. The summed E-state index contributed by atoms with van der Waals surface area (Å²) < 4.78 is 5.77. The van der Waals surface area contributed by atoms with Crippen molar-refractivity contribution >= 4 is 5.91 Å². The van der Waals surface area contributed by atoms with E-state index in [0.29, 0.717) is 13.1 Å². The quantitative estimate of drug-likeness (QED) is 0.812. The zero-order valence-corrected chi connectivity index (χ0v) is 13.6. The summed E-state index contributed by atoms with van der Waals surface area (Å²) in [5, 5.41) is 2.95. The van der Waals surface area contributed by atoms with E-state index in [0.717, 1.165) is 24.2 Å². The van der Waals surface area contributed by atoms with Crippen LogP contribution < -0.4 is 15.8 Å². The van der Waals surface area contributed by atoms with Gasteiger partial charge in [-0.1, -0.05) is 19.1 Å². The summed E-state index contributed by atoms with van der Waals surface area (Å²) >= 11 is 0. The number of nitrogens with one attached hydrogen (secondary N) is 1. The number of carbonyl (C=O) groups is 1. The third-order valence-corrected chi connectivity index (χ3v) is 3.10. The minimum atomic E-state index is -0.200. The molecule has 0 aromatic heterocycles. The normalized spacial score (nSPS) is 12.8. The maximum atomic E-state index is 11.9. The molecule has 0 spiro atoms. The second-order valence-electron chi connectivity index (χ2n) is 6.41. The zero-order valence-electron chi connectivity index (χ0n) is 13.6. The first-order valence-corrected chi connectivity index (χ1v) is 7.57. The number of hydrogen-bond donors (Lipinski definition) is 2. The van der Waals surface area contributed by atoms with Gasteiger partial charge in [0, 0.05) is 12.5 Å². The van der Waals surface area contributed by atoms with Crippen LogP contribution >= 0.6 is 0 Å². The van der Waals surface area contributed by atoms with Gasteiger partial charge < -0.3 is 15.8 Å². The lowest BCUT2D eigenvalue weighted by atomic mass is 10.0. The van der Waals surface area contributed by atoms with E-state index < -0.39 is 0 Å². The largest absolute Gasteiger partial charge is 0.488 e. The summed E-state index contributed by atoms with van der Waals surface area (Å²) in [4.78, 5) is 11.9. The topological polar surface area (TPSA) is 64.4 Å². The third kappa shape index (κ3) is 7.14. The SMILES string of the molecule is C[C@H](CCCN)C(=O)NCc1ccc(OC(C)(C)C)cc1. The summed E-state index contributed by atoms with van der Waals surface area (Å²) in [7, 11) is 0. The lowest BCUT2D eigenvalue weighted by Crippen LogP contribution is -2.29. The lowest BCUT2D eigenvalue weighted by Gasteiger charge is -2.21. The van der Waals surface area contributed by atoms with Gasteiger partial charge in [-0.2, -0.15) is 0 Å². The van der Waals surface area contributed by atoms with E-state index in [1.165, 1.54) is 0 Å². The van der Waals surface area contributed by atoms with E-state index in [9.17, 15) is 4.79 Å². The molecule has 0 unspecified atom stereocenters. The van der Waals surface area contributed by atoms with Gasteiger partial charge >= 0.3 is 0 Å². The minimum absolute atomic E-state index is 0.0112. The van der Waals surface area contributed by atoms with Crippen molar-refractivity contribution in [3.05, 3.63) is 29.8 Å². The standard InChI is InChI=1S/C17H28N2O2/c1-13(6-5-11-18)16(20)19-12-14-7-9-15(10-8-14)21-17(2,3)4/h7-10,13H,5-6,11-12,18H2,1-4H3,(H,19,20)/t13-/m1/s1. The molecular weight excluding hydrogens is 264 g/mol. The molecule has 1 amide bonds. The molecule has 0 radical (unpaired) electrons. The van der Waals surface area contributed by atoms with Crippen molar-refractivity contribution in [2.24, 2.45) is 11.7 Å². The average molecular weight is 292 g/mol. The fraction of sp³-hybridized carbons (Fsp3) is 0.588. The Hall–Kier alpha value is -1.55. The summed E-state index contributed by atoms with van der Waals surface area (Å²) in [5.41, 5.74) is 6.32. The fourth-order valence-corrected chi connectivity index (χ4v) is 1.95. The van der Waals surface area contributed by atoms with Crippen LogP contribution in [0.5, 0.6) is 5.75 Å². The number of benzene rings is 1. The first kappa shape index (κ1) is 17.5. The molecule has 1 rings (SSSR count). The maximum absolute atomic E-state index is 11.9. The molecule has 0 saturated carbocycles. The van der Waals surface area contributed by atoms with Crippen molar-refractivity contribution in [2.75, 3.05) is 6.54 Å². The number of rotatable bonds is 7. The molecule has 1 aromatic carbocycles. The van der Waals surface area contributed by atoms with Crippen LogP contribution in [0.2, 0.25) is 0 Å². The first-order valence-electron chi connectivity index (χ1n) is 7.57. The van der Waals surface area contributed by atoms with Crippen LogP contribution in [-0.2, 0) is 11.3 Å². The van der Waals surface area contributed by atoms with E-state index >= 15 is 0 Å². The summed E-state index contributed by atoms with van der Waals surface area (Å²) in [5.74, 6) is 0.935. The van der Waals surface area contributed by atoms with Crippen LogP contribution in [0.3, 0.4) is 0 Å². The summed E-state index contributed by atoms with van der Waals surface area (Å²) in [6, 6.07) is 7.83. The molecular formula is C17H28N2O2. The number of amides is 1. The van der Waals surface area contributed by atoms with E-state index in [2.05, 4.69) is 5.32 Å². The predicted molar refractivity (Wildman–Crippen MR) is 86.1 cm³/mol. The smallest absolute Gasteiger partial charge is 0.223 e. The van der Waals surface area contributed by atoms with Crippen molar-refractivity contribution in [2.45, 2.75) is 52.7 Å². The number of carbonyl (C=O) groups excluding carboxylic acids is 1. The summed E-state index contributed by atoms with van der Waals surface area (Å²) in [6.07, 6.45) is 1.72. The van der Waals surface area contributed by atoms with Crippen LogP contribution in [0, 0.1) is 5.92 Å². The number of nitrogens with two attached hydrogens (primary N) is 1. The molecule has 0 aliphatic heterocycles. The lowest BCUT2D eigenvalue weighted by molar-refractivity contribution is -0.124. The van der Waals surface area contributed by atoms with Gasteiger partial charge in [-0.3, -0.25) is 4.79 Å². The van der Waals surface area contributed by atoms with Crippen LogP contribution in [0.4, 0.5) is 0 Å². The van der Waals surface area contributed by atoms with Gasteiger partial charge in [-0.05, 0) is 57.9 Å². The Balaban J connectivity index is 2.44. The zero-order chi connectivity index (χ0) is 15.9. The molecule has 0 aliphatic carbocycles.